The van der Waals surface area contributed by atoms with E-state index < -0.39 is 66.5 Å². The van der Waals surface area contributed by atoms with Crippen molar-refractivity contribution < 1.29 is 57.1 Å². The maximum atomic E-state index is 14.5. The van der Waals surface area contributed by atoms with Gasteiger partial charge in [-0.3, -0.25) is 24.0 Å². The molecule has 12 nitrogen and oxygen atoms in total. The van der Waals surface area contributed by atoms with Crippen LogP contribution in [0.15, 0.2) is 0 Å². The molecule has 4 unspecified atom stereocenters. The van der Waals surface area contributed by atoms with Crippen LogP contribution in [0.4, 0.5) is 0 Å². The second-order valence-electron chi connectivity index (χ2n) is 21.1. The Labute approximate surface area is 434 Å². The summed E-state index contributed by atoms with van der Waals surface area (Å²) in [6, 6.07) is 0. The van der Waals surface area contributed by atoms with E-state index in [9.17, 15) is 24.0 Å². The van der Waals surface area contributed by atoms with Crippen LogP contribution in [0.2, 0.25) is 0 Å². The molecule has 0 heterocycles. The van der Waals surface area contributed by atoms with Crippen molar-refractivity contribution in [1.29, 1.82) is 0 Å². The molecule has 0 aromatic rings. The molecule has 0 amide bonds. The van der Waals surface area contributed by atoms with Crippen molar-refractivity contribution in [3.05, 3.63) is 0 Å². The van der Waals surface area contributed by atoms with Gasteiger partial charge in [-0.2, -0.15) is 0 Å². The first kappa shape index (κ1) is 66.3. The Kier molecular flexibility index (Phi) is 37.9. The highest BCUT2D eigenvalue weighted by Gasteiger charge is 2.60. The highest BCUT2D eigenvalue weighted by Crippen LogP contribution is 2.38. The molecule has 0 aliphatic heterocycles. The number of hydrogen-bond donors (Lipinski definition) is 0. The third-order valence-corrected chi connectivity index (χ3v) is 14.3. The van der Waals surface area contributed by atoms with Gasteiger partial charge in [-0.1, -0.05) is 224 Å². The monoisotopic (exact) mass is 1010 g/mol. The second kappa shape index (κ2) is 40.6. The smallest absolute Gasteiger partial charge is 0.306 e. The zero-order chi connectivity index (χ0) is 53.0. The molecule has 1 fully saturated rings. The summed E-state index contributed by atoms with van der Waals surface area (Å²) >= 11 is 0. The van der Waals surface area contributed by atoms with Crippen molar-refractivity contribution in [2.45, 2.75) is 312 Å². The van der Waals surface area contributed by atoms with Gasteiger partial charge < -0.3 is 33.2 Å². The zero-order valence-corrected chi connectivity index (χ0v) is 47.5. The lowest BCUT2D eigenvalue weighted by molar-refractivity contribution is -0.277. The van der Waals surface area contributed by atoms with Gasteiger partial charge in [0.1, 0.15) is 12.9 Å². The minimum Gasteiger partial charge on any atom is -0.455 e. The molecular weight excluding hydrogens is 901 g/mol. The van der Waals surface area contributed by atoms with Gasteiger partial charge in [-0.05, 0) is 42.4 Å². The molecule has 1 rings (SSSR count). The lowest BCUT2D eigenvalue weighted by atomic mass is 9.83. The largest absolute Gasteiger partial charge is 0.455 e. The molecular formula is C59H108O12. The average Bonchev–Trinajstić information content (AvgIpc) is 3.30. The Balaban J connectivity index is 4.45. The van der Waals surface area contributed by atoms with Crippen LogP contribution in [-0.4, -0.2) is 79.4 Å². The van der Waals surface area contributed by atoms with E-state index in [-0.39, 0.29) is 74.6 Å². The molecule has 12 heteroatoms. The van der Waals surface area contributed by atoms with Crippen LogP contribution in [-0.2, 0) is 57.1 Å². The summed E-state index contributed by atoms with van der Waals surface area (Å²) in [5.41, 5.74) is 0. The standard InChI is InChI=1S/C59H108O12/c1-13-25-43(26-14-2)37-49(60)67-55-54(66-42-65-48(35-23-11)36-24-12)56(68-50(61)38-44(27-15-3)28-16-4)58(70-52(63)40-46(31-19-7)32-20-8)59(71-53(64)41-47(33-21-9)34-22-10)57(55)69-51(62)39-45(29-17-5)30-18-6/h43-48,54-59H,13-42H2,1-12H3. The van der Waals surface area contributed by atoms with Crippen molar-refractivity contribution in [3.8, 4) is 0 Å². The quantitative estimate of drug-likeness (QED) is 0.0325. The number of ether oxygens (including phenoxy) is 7. The van der Waals surface area contributed by atoms with Gasteiger partial charge in [0.05, 0.1) is 6.10 Å². The number of rotatable bonds is 43. The van der Waals surface area contributed by atoms with E-state index >= 15 is 0 Å². The number of esters is 5. The molecule has 0 saturated heterocycles. The van der Waals surface area contributed by atoms with Gasteiger partial charge in [0.25, 0.3) is 0 Å². The van der Waals surface area contributed by atoms with E-state index in [1.54, 1.807) is 0 Å². The minimum atomic E-state index is -1.51. The Morgan fingerprint density at radius 2 is 0.465 bits per heavy atom. The highest BCUT2D eigenvalue weighted by atomic mass is 16.7. The fraction of sp³-hybridized carbons (Fsp3) is 0.915. The number of carbonyl (C=O) groups is 5. The summed E-state index contributed by atoms with van der Waals surface area (Å²) in [4.78, 5) is 72.7. The van der Waals surface area contributed by atoms with Crippen LogP contribution < -0.4 is 0 Å². The lowest BCUT2D eigenvalue weighted by Crippen LogP contribution is -2.69. The summed E-state index contributed by atoms with van der Waals surface area (Å²) in [6.45, 7) is 24.8. The Hall–Kier alpha value is -2.73. The minimum absolute atomic E-state index is 0.0218. The van der Waals surface area contributed by atoms with Gasteiger partial charge in [0.2, 0.25) is 0 Å². The fourth-order valence-corrected chi connectivity index (χ4v) is 11.2. The van der Waals surface area contributed by atoms with E-state index in [4.69, 9.17) is 33.2 Å². The average molecular weight is 1010 g/mol. The third-order valence-electron chi connectivity index (χ3n) is 14.3. The van der Waals surface area contributed by atoms with Crippen LogP contribution >= 0.6 is 0 Å². The van der Waals surface area contributed by atoms with Crippen molar-refractivity contribution >= 4 is 29.8 Å². The molecule has 0 aromatic carbocycles. The summed E-state index contributed by atoms with van der Waals surface area (Å²) in [6.07, 6.45) is 11.8. The molecule has 0 N–H and O–H groups in total. The predicted octanol–water partition coefficient (Wildman–Crippen LogP) is 14.9. The maximum absolute atomic E-state index is 14.5. The second-order valence-corrected chi connectivity index (χ2v) is 21.1. The first-order valence-corrected chi connectivity index (χ1v) is 29.5. The van der Waals surface area contributed by atoms with Crippen molar-refractivity contribution in [1.82, 2.24) is 0 Å². The van der Waals surface area contributed by atoms with Gasteiger partial charge in [0, 0.05) is 32.1 Å². The number of carbonyl (C=O) groups excluding carboxylic acids is 5. The lowest BCUT2D eigenvalue weighted by Gasteiger charge is -2.48. The molecule has 0 aromatic heterocycles. The topological polar surface area (TPSA) is 150 Å². The first-order chi connectivity index (χ1) is 34.3. The van der Waals surface area contributed by atoms with Crippen LogP contribution in [0.5, 0.6) is 0 Å². The molecule has 416 valence electrons. The van der Waals surface area contributed by atoms with Gasteiger partial charge in [-0.15, -0.1) is 0 Å². The SMILES string of the molecule is CCCC(CCC)CC(=O)OC1C(OCOC(CCC)CCC)C(OC(=O)CC(CCC)CCC)C(OC(=O)CC(CCC)CCC)C(OC(=O)CC(CCC)CCC)C1OC(=O)CC(CCC)CCC. The molecule has 0 bridgehead atoms. The third kappa shape index (κ3) is 26.9. The zero-order valence-electron chi connectivity index (χ0n) is 47.5. The van der Waals surface area contributed by atoms with Crippen LogP contribution in [0.3, 0.4) is 0 Å². The Morgan fingerprint density at radius 1 is 0.282 bits per heavy atom. The van der Waals surface area contributed by atoms with Crippen LogP contribution in [0.25, 0.3) is 0 Å². The summed E-state index contributed by atoms with van der Waals surface area (Å²) in [5.74, 6) is -2.59. The van der Waals surface area contributed by atoms with E-state index in [1.165, 1.54) is 0 Å². The van der Waals surface area contributed by atoms with E-state index in [0.29, 0.717) is 0 Å². The summed E-state index contributed by atoms with van der Waals surface area (Å²) in [5, 5.41) is 0. The molecule has 4 atom stereocenters. The highest BCUT2D eigenvalue weighted by molar-refractivity contribution is 5.74. The van der Waals surface area contributed by atoms with Crippen LogP contribution in [0.1, 0.15) is 269 Å². The molecule has 0 spiro atoms. The van der Waals surface area contributed by atoms with E-state index in [2.05, 4.69) is 83.1 Å². The molecule has 1 aliphatic carbocycles. The van der Waals surface area contributed by atoms with Crippen molar-refractivity contribution in [3.63, 3.8) is 0 Å². The van der Waals surface area contributed by atoms with Gasteiger partial charge >= 0.3 is 29.8 Å². The van der Waals surface area contributed by atoms with Crippen molar-refractivity contribution in [2.75, 3.05) is 6.79 Å². The normalized spacial score (nSPS) is 19.3. The van der Waals surface area contributed by atoms with E-state index in [1.807, 2.05) is 0 Å². The predicted molar refractivity (Wildman–Crippen MR) is 283 cm³/mol. The van der Waals surface area contributed by atoms with Crippen molar-refractivity contribution in [2.24, 2.45) is 29.6 Å². The molecule has 71 heavy (non-hydrogen) atoms. The fourth-order valence-electron chi connectivity index (χ4n) is 11.2. The van der Waals surface area contributed by atoms with Gasteiger partial charge in [-0.25, -0.2) is 0 Å². The number of hydrogen-bond acceptors (Lipinski definition) is 12. The van der Waals surface area contributed by atoms with Gasteiger partial charge in [0.15, 0.2) is 30.5 Å². The van der Waals surface area contributed by atoms with Crippen LogP contribution in [0, 0.1) is 29.6 Å². The first-order valence-electron chi connectivity index (χ1n) is 29.5. The summed E-state index contributed by atoms with van der Waals surface area (Å²) in [7, 11) is 0. The Bertz CT molecular complexity index is 1290. The maximum Gasteiger partial charge on any atom is 0.306 e. The molecule has 1 aliphatic rings. The Morgan fingerprint density at radius 3 is 0.648 bits per heavy atom. The molecule has 0 radical (unpaired) electrons. The summed E-state index contributed by atoms with van der Waals surface area (Å²) < 4.78 is 46.1. The molecule has 1 saturated carbocycles. The van der Waals surface area contributed by atoms with E-state index in [0.717, 1.165) is 154 Å².